The van der Waals surface area contributed by atoms with Crippen LogP contribution in [0.3, 0.4) is 0 Å². The van der Waals surface area contributed by atoms with Gasteiger partial charge in [-0.1, -0.05) is 26.0 Å². The third kappa shape index (κ3) is 9.27. The number of hydrogen-bond acceptors (Lipinski definition) is 4. The standard InChI is InChI=1S/C19H32N4O3/c1-15(2)12-21-19(22-13-18(24)23(3)4)20-10-11-26-14-16-6-8-17(25-5)9-7-16/h6-9,15H,10-14H2,1-5H3,(H2,20,21,22). The number of likely N-dealkylation sites (N-methyl/N-ethyl adjacent to an activating group) is 1. The second-order valence-corrected chi connectivity index (χ2v) is 6.56. The molecule has 0 saturated carbocycles. The molecule has 1 rings (SSSR count). The third-order valence-corrected chi connectivity index (χ3v) is 3.52. The summed E-state index contributed by atoms with van der Waals surface area (Å²) in [6.45, 7) is 6.83. The molecular weight excluding hydrogens is 332 g/mol. The van der Waals surface area contributed by atoms with Gasteiger partial charge in [-0.05, 0) is 23.6 Å². The highest BCUT2D eigenvalue weighted by molar-refractivity contribution is 5.84. The summed E-state index contributed by atoms with van der Waals surface area (Å²) in [5.41, 5.74) is 1.09. The average Bonchev–Trinajstić information content (AvgIpc) is 2.62. The van der Waals surface area contributed by atoms with Gasteiger partial charge in [0.15, 0.2) is 5.96 Å². The lowest BCUT2D eigenvalue weighted by Crippen LogP contribution is -2.41. The molecule has 0 aliphatic carbocycles. The molecule has 0 unspecified atom stereocenters. The molecule has 1 aromatic carbocycles. The SMILES string of the molecule is COc1ccc(COCCNC(=NCC(=O)N(C)C)NCC(C)C)cc1. The highest BCUT2D eigenvalue weighted by Gasteiger charge is 2.05. The highest BCUT2D eigenvalue weighted by atomic mass is 16.5. The van der Waals surface area contributed by atoms with Crippen LogP contribution < -0.4 is 15.4 Å². The largest absolute Gasteiger partial charge is 0.497 e. The minimum absolute atomic E-state index is 0.0357. The van der Waals surface area contributed by atoms with Gasteiger partial charge in [0.05, 0.1) is 20.3 Å². The Bertz CT molecular complexity index is 556. The fourth-order valence-electron chi connectivity index (χ4n) is 1.92. The number of carbonyl (C=O) groups excluding carboxylic acids is 1. The van der Waals surface area contributed by atoms with Crippen LogP contribution in [0, 0.1) is 5.92 Å². The van der Waals surface area contributed by atoms with Crippen molar-refractivity contribution in [1.82, 2.24) is 15.5 Å². The molecule has 0 bridgehead atoms. The zero-order chi connectivity index (χ0) is 19.4. The van der Waals surface area contributed by atoms with Crippen LogP contribution in [0.1, 0.15) is 19.4 Å². The minimum atomic E-state index is -0.0357. The number of methoxy groups -OCH3 is 1. The second-order valence-electron chi connectivity index (χ2n) is 6.56. The molecule has 0 aliphatic heterocycles. The van der Waals surface area contributed by atoms with Crippen molar-refractivity contribution in [3.8, 4) is 5.75 Å². The number of nitrogens with zero attached hydrogens (tertiary/aromatic N) is 2. The molecular formula is C19H32N4O3. The van der Waals surface area contributed by atoms with Crippen molar-refractivity contribution in [2.24, 2.45) is 10.9 Å². The highest BCUT2D eigenvalue weighted by Crippen LogP contribution is 2.11. The quantitative estimate of drug-likeness (QED) is 0.374. The Morgan fingerprint density at radius 1 is 1.19 bits per heavy atom. The van der Waals surface area contributed by atoms with E-state index in [1.807, 2.05) is 24.3 Å². The van der Waals surface area contributed by atoms with E-state index >= 15 is 0 Å². The maximum Gasteiger partial charge on any atom is 0.243 e. The van der Waals surface area contributed by atoms with Crippen LogP contribution >= 0.6 is 0 Å². The molecule has 1 amide bonds. The van der Waals surface area contributed by atoms with Gasteiger partial charge in [0, 0.05) is 27.2 Å². The van der Waals surface area contributed by atoms with Crippen molar-refractivity contribution < 1.29 is 14.3 Å². The zero-order valence-electron chi connectivity index (χ0n) is 16.5. The number of aliphatic imine (C=N–C) groups is 1. The summed E-state index contributed by atoms with van der Waals surface area (Å²) in [6.07, 6.45) is 0. The van der Waals surface area contributed by atoms with E-state index in [4.69, 9.17) is 9.47 Å². The van der Waals surface area contributed by atoms with E-state index < -0.39 is 0 Å². The lowest BCUT2D eigenvalue weighted by molar-refractivity contribution is -0.127. The third-order valence-electron chi connectivity index (χ3n) is 3.52. The van der Waals surface area contributed by atoms with E-state index in [0.717, 1.165) is 17.9 Å². The summed E-state index contributed by atoms with van der Waals surface area (Å²) < 4.78 is 10.8. The average molecular weight is 364 g/mol. The van der Waals surface area contributed by atoms with Crippen LogP contribution in [0.2, 0.25) is 0 Å². The van der Waals surface area contributed by atoms with Gasteiger partial charge < -0.3 is 25.0 Å². The first-order chi connectivity index (χ1) is 12.4. The Kier molecular flexibility index (Phi) is 10.2. The number of rotatable bonds is 10. The lowest BCUT2D eigenvalue weighted by Gasteiger charge is -2.15. The van der Waals surface area contributed by atoms with E-state index in [1.165, 1.54) is 4.90 Å². The molecule has 0 fully saturated rings. The Hall–Kier alpha value is -2.28. The summed E-state index contributed by atoms with van der Waals surface area (Å²) in [5, 5.41) is 6.43. The number of hydrogen-bond donors (Lipinski definition) is 2. The van der Waals surface area contributed by atoms with Crippen LogP contribution in [-0.2, 0) is 16.1 Å². The molecule has 7 heteroatoms. The van der Waals surface area contributed by atoms with E-state index in [2.05, 4.69) is 29.5 Å². The number of guanidine groups is 1. The van der Waals surface area contributed by atoms with Crippen LogP contribution in [0.25, 0.3) is 0 Å². The van der Waals surface area contributed by atoms with Gasteiger partial charge in [-0.3, -0.25) is 4.79 Å². The number of carbonyl (C=O) groups is 1. The van der Waals surface area contributed by atoms with Crippen LogP contribution in [0.5, 0.6) is 5.75 Å². The van der Waals surface area contributed by atoms with Crippen LogP contribution in [0.4, 0.5) is 0 Å². The van der Waals surface area contributed by atoms with Crippen molar-refractivity contribution in [3.05, 3.63) is 29.8 Å². The predicted molar refractivity (Wildman–Crippen MR) is 104 cm³/mol. The summed E-state index contributed by atoms with van der Waals surface area (Å²) >= 11 is 0. The maximum atomic E-state index is 11.7. The lowest BCUT2D eigenvalue weighted by atomic mass is 10.2. The topological polar surface area (TPSA) is 75.2 Å². The first-order valence-corrected chi connectivity index (χ1v) is 8.85. The van der Waals surface area contributed by atoms with Gasteiger partial charge >= 0.3 is 0 Å². The molecule has 0 radical (unpaired) electrons. The Balaban J connectivity index is 2.36. The monoisotopic (exact) mass is 364 g/mol. The smallest absolute Gasteiger partial charge is 0.243 e. The molecule has 0 aliphatic rings. The predicted octanol–water partition coefficient (Wildman–Crippen LogP) is 1.49. The summed E-state index contributed by atoms with van der Waals surface area (Å²) in [5.74, 6) is 1.91. The molecule has 0 aromatic heterocycles. The van der Waals surface area contributed by atoms with Gasteiger partial charge in [-0.25, -0.2) is 4.99 Å². The molecule has 2 N–H and O–H groups in total. The molecule has 146 valence electrons. The molecule has 0 heterocycles. The summed E-state index contributed by atoms with van der Waals surface area (Å²) in [4.78, 5) is 17.5. The summed E-state index contributed by atoms with van der Waals surface area (Å²) in [6, 6.07) is 7.80. The van der Waals surface area contributed by atoms with E-state index in [0.29, 0.717) is 31.6 Å². The summed E-state index contributed by atoms with van der Waals surface area (Å²) in [7, 11) is 5.09. The number of nitrogens with one attached hydrogen (secondary N) is 2. The molecule has 0 saturated heterocycles. The maximum absolute atomic E-state index is 11.7. The Morgan fingerprint density at radius 2 is 1.88 bits per heavy atom. The first-order valence-electron chi connectivity index (χ1n) is 8.85. The fraction of sp³-hybridized carbons (Fsp3) is 0.579. The number of benzene rings is 1. The fourth-order valence-corrected chi connectivity index (χ4v) is 1.92. The molecule has 1 aromatic rings. The van der Waals surface area contributed by atoms with E-state index in [1.54, 1.807) is 21.2 Å². The van der Waals surface area contributed by atoms with Crippen molar-refractivity contribution in [2.45, 2.75) is 20.5 Å². The minimum Gasteiger partial charge on any atom is -0.497 e. The van der Waals surface area contributed by atoms with Crippen LogP contribution in [0.15, 0.2) is 29.3 Å². The van der Waals surface area contributed by atoms with E-state index in [-0.39, 0.29) is 12.5 Å². The van der Waals surface area contributed by atoms with Crippen molar-refractivity contribution >= 4 is 11.9 Å². The number of ether oxygens (including phenoxy) is 2. The molecule has 7 nitrogen and oxygen atoms in total. The van der Waals surface area contributed by atoms with Gasteiger partial charge in [-0.15, -0.1) is 0 Å². The number of amides is 1. The normalized spacial score (nSPS) is 11.4. The Labute approximate surface area is 156 Å². The Morgan fingerprint density at radius 3 is 2.46 bits per heavy atom. The van der Waals surface area contributed by atoms with E-state index in [9.17, 15) is 4.79 Å². The van der Waals surface area contributed by atoms with Gasteiger partial charge in [-0.2, -0.15) is 0 Å². The second kappa shape index (κ2) is 12.1. The first kappa shape index (κ1) is 21.8. The van der Waals surface area contributed by atoms with Gasteiger partial charge in [0.2, 0.25) is 5.91 Å². The van der Waals surface area contributed by atoms with Crippen molar-refractivity contribution in [3.63, 3.8) is 0 Å². The van der Waals surface area contributed by atoms with Crippen molar-refractivity contribution in [1.29, 1.82) is 0 Å². The van der Waals surface area contributed by atoms with Crippen molar-refractivity contribution in [2.75, 3.05) is 47.4 Å². The van der Waals surface area contributed by atoms with Crippen LogP contribution in [-0.4, -0.2) is 64.2 Å². The molecule has 26 heavy (non-hydrogen) atoms. The zero-order valence-corrected chi connectivity index (χ0v) is 16.5. The molecule has 0 spiro atoms. The molecule has 0 atom stereocenters. The van der Waals surface area contributed by atoms with Gasteiger partial charge in [0.1, 0.15) is 12.3 Å². The van der Waals surface area contributed by atoms with Gasteiger partial charge in [0.25, 0.3) is 0 Å².